The Morgan fingerprint density at radius 1 is 1.30 bits per heavy atom. The molecule has 0 spiro atoms. The van der Waals surface area contributed by atoms with E-state index >= 15 is 0 Å². The molecule has 0 amide bonds. The monoisotopic (exact) mass is 456 g/mol. The van der Waals surface area contributed by atoms with Crippen LogP contribution in [0.3, 0.4) is 0 Å². The van der Waals surface area contributed by atoms with Gasteiger partial charge in [0.25, 0.3) is 0 Å². The molecule has 3 rings (SSSR count). The normalized spacial score (nSPS) is 18.7. The van der Waals surface area contributed by atoms with Gasteiger partial charge in [-0.25, -0.2) is 0 Å². The zero-order valence-electron chi connectivity index (χ0n) is 20.7. The minimum Gasteiger partial charge on any atom is -0.491 e. The van der Waals surface area contributed by atoms with Gasteiger partial charge in [0.15, 0.2) is 0 Å². The van der Waals surface area contributed by atoms with Crippen molar-refractivity contribution < 1.29 is 23.7 Å². The van der Waals surface area contributed by atoms with E-state index < -0.39 is 5.60 Å². The maximum atomic E-state index is 12.6. The molecule has 2 atom stereocenters. The molecule has 1 aromatic heterocycles. The number of nitriles is 1. The number of esters is 1. The topological polar surface area (TPSA) is 93.6 Å². The summed E-state index contributed by atoms with van der Waals surface area (Å²) in [5, 5.41) is 10.9. The van der Waals surface area contributed by atoms with Crippen LogP contribution in [0.1, 0.15) is 69.8 Å². The van der Waals surface area contributed by atoms with Crippen LogP contribution >= 0.6 is 0 Å². The van der Waals surface area contributed by atoms with Gasteiger partial charge in [0.1, 0.15) is 18.0 Å². The van der Waals surface area contributed by atoms with E-state index in [9.17, 15) is 10.1 Å². The van der Waals surface area contributed by atoms with E-state index in [1.807, 2.05) is 26.8 Å². The molecule has 0 saturated heterocycles. The highest BCUT2D eigenvalue weighted by Crippen LogP contribution is 2.47. The second-order valence-corrected chi connectivity index (χ2v) is 8.93. The number of carbonyl (C=O) groups excluding carboxylic acids is 1. The van der Waals surface area contributed by atoms with Gasteiger partial charge in [-0.15, -0.1) is 0 Å². The van der Waals surface area contributed by atoms with Crippen LogP contribution in [0, 0.1) is 24.2 Å². The average Bonchev–Trinajstić information content (AvgIpc) is 3.19. The molecule has 0 fully saturated rings. The Bertz CT molecular complexity index is 1040. The summed E-state index contributed by atoms with van der Waals surface area (Å²) in [6.07, 6.45) is 1.78. The molecular weight excluding hydrogens is 420 g/mol. The molecule has 7 nitrogen and oxygen atoms in total. The molecule has 1 aliphatic heterocycles. The van der Waals surface area contributed by atoms with Crippen molar-refractivity contribution in [2.24, 2.45) is 5.92 Å². The number of hydrogen-bond donors (Lipinski definition) is 1. The van der Waals surface area contributed by atoms with E-state index in [4.69, 9.17) is 18.9 Å². The first-order valence-corrected chi connectivity index (χ1v) is 11.9. The van der Waals surface area contributed by atoms with Crippen LogP contribution in [0.2, 0.25) is 0 Å². The SMILES string of the molecule is CCOC(=O)C[C@]1(C(C)CC)OCCc2c1[nH]c1c(C)c(OCCOC(C)C)cc(C#N)c21. The Balaban J connectivity index is 2.11. The van der Waals surface area contributed by atoms with Crippen LogP contribution in [0.4, 0.5) is 0 Å². The molecule has 0 bridgehead atoms. The summed E-state index contributed by atoms with van der Waals surface area (Å²) in [6, 6.07) is 4.16. The lowest BCUT2D eigenvalue weighted by molar-refractivity contribution is -0.160. The lowest BCUT2D eigenvalue weighted by Crippen LogP contribution is -2.43. The van der Waals surface area contributed by atoms with Crippen molar-refractivity contribution in [1.29, 1.82) is 5.26 Å². The van der Waals surface area contributed by atoms with Gasteiger partial charge < -0.3 is 23.9 Å². The van der Waals surface area contributed by atoms with E-state index in [2.05, 4.69) is 24.9 Å². The minimum atomic E-state index is -0.821. The molecule has 2 aromatic rings. The number of fused-ring (bicyclic) bond motifs is 3. The number of nitrogens with zero attached hydrogens (tertiary/aromatic N) is 1. The fourth-order valence-electron chi connectivity index (χ4n) is 4.70. The molecule has 33 heavy (non-hydrogen) atoms. The summed E-state index contributed by atoms with van der Waals surface area (Å²) in [5.41, 5.74) is 3.46. The maximum absolute atomic E-state index is 12.6. The first kappa shape index (κ1) is 25.1. The summed E-state index contributed by atoms with van der Waals surface area (Å²) < 4.78 is 23.2. The van der Waals surface area contributed by atoms with Crippen molar-refractivity contribution >= 4 is 16.9 Å². The molecule has 0 saturated carbocycles. The zero-order valence-corrected chi connectivity index (χ0v) is 20.7. The largest absolute Gasteiger partial charge is 0.491 e. The van der Waals surface area contributed by atoms with Gasteiger partial charge in [0.2, 0.25) is 0 Å². The van der Waals surface area contributed by atoms with E-state index in [1.165, 1.54) is 0 Å². The predicted octanol–water partition coefficient (Wildman–Crippen LogP) is 4.92. The summed E-state index contributed by atoms with van der Waals surface area (Å²) in [5.74, 6) is 0.449. The number of aromatic nitrogens is 1. The number of carbonyl (C=O) groups is 1. The molecule has 2 heterocycles. The number of hydrogen-bond acceptors (Lipinski definition) is 6. The third-order valence-corrected chi connectivity index (χ3v) is 6.56. The molecular formula is C26H36N2O5. The van der Waals surface area contributed by atoms with Gasteiger partial charge in [-0.05, 0) is 51.7 Å². The van der Waals surface area contributed by atoms with Crippen molar-refractivity contribution in [1.82, 2.24) is 4.98 Å². The number of aromatic amines is 1. The van der Waals surface area contributed by atoms with Gasteiger partial charge in [-0.3, -0.25) is 4.79 Å². The standard InChI is InChI=1S/C26H36N2O5/c1-7-17(5)26(14-22(29)30-8-2)25-20(9-10-33-26)23-19(15-27)13-21(18(6)24(23)28-25)32-12-11-31-16(3)4/h13,16-17,28H,7-12,14H2,1-6H3/t17?,26-/m1/s1. The number of ether oxygens (including phenoxy) is 4. The quantitative estimate of drug-likeness (QED) is 0.403. The average molecular weight is 457 g/mol. The van der Waals surface area contributed by atoms with Crippen LogP contribution in [0.5, 0.6) is 5.75 Å². The number of rotatable bonds is 10. The van der Waals surface area contributed by atoms with Crippen molar-refractivity contribution in [2.75, 3.05) is 26.4 Å². The lowest BCUT2D eigenvalue weighted by Gasteiger charge is -2.41. The highest BCUT2D eigenvalue weighted by Gasteiger charge is 2.46. The van der Waals surface area contributed by atoms with Crippen LogP contribution in [0.25, 0.3) is 10.9 Å². The first-order valence-electron chi connectivity index (χ1n) is 11.9. The predicted molar refractivity (Wildman–Crippen MR) is 126 cm³/mol. The summed E-state index contributed by atoms with van der Waals surface area (Å²) in [7, 11) is 0. The maximum Gasteiger partial charge on any atom is 0.309 e. The molecule has 0 radical (unpaired) electrons. The van der Waals surface area contributed by atoms with Crippen molar-refractivity contribution in [3.63, 3.8) is 0 Å². The van der Waals surface area contributed by atoms with Crippen LogP contribution in [0.15, 0.2) is 6.07 Å². The van der Waals surface area contributed by atoms with Gasteiger partial charge in [-0.2, -0.15) is 5.26 Å². The first-order chi connectivity index (χ1) is 15.8. The molecule has 1 N–H and O–H groups in total. The van der Waals surface area contributed by atoms with Crippen molar-refractivity contribution in [3.8, 4) is 11.8 Å². The second kappa shape index (κ2) is 10.6. The van der Waals surface area contributed by atoms with Crippen LogP contribution in [-0.4, -0.2) is 43.5 Å². The van der Waals surface area contributed by atoms with E-state index in [0.717, 1.165) is 34.1 Å². The van der Waals surface area contributed by atoms with Gasteiger partial charge in [-0.1, -0.05) is 20.3 Å². The Hall–Kier alpha value is -2.56. The zero-order chi connectivity index (χ0) is 24.2. The number of H-pyrrole nitrogens is 1. The summed E-state index contributed by atoms with van der Waals surface area (Å²) >= 11 is 0. The van der Waals surface area contributed by atoms with Gasteiger partial charge in [0, 0.05) is 10.9 Å². The Morgan fingerprint density at radius 2 is 2.06 bits per heavy atom. The molecule has 1 aromatic carbocycles. The van der Waals surface area contributed by atoms with Gasteiger partial charge in [0.05, 0.1) is 55.2 Å². The van der Waals surface area contributed by atoms with Gasteiger partial charge >= 0.3 is 5.97 Å². The Kier molecular flexibility index (Phi) is 8.04. The highest BCUT2D eigenvalue weighted by molar-refractivity contribution is 5.94. The number of benzene rings is 1. The summed E-state index contributed by atoms with van der Waals surface area (Å²) in [6.45, 7) is 13.6. The highest BCUT2D eigenvalue weighted by atomic mass is 16.5. The Labute approximate surface area is 196 Å². The Morgan fingerprint density at radius 3 is 2.70 bits per heavy atom. The van der Waals surface area contributed by atoms with Crippen molar-refractivity contribution in [2.45, 2.75) is 72.5 Å². The second-order valence-electron chi connectivity index (χ2n) is 8.93. The smallest absolute Gasteiger partial charge is 0.309 e. The fourth-order valence-corrected chi connectivity index (χ4v) is 4.70. The lowest BCUT2D eigenvalue weighted by atomic mass is 9.77. The molecule has 0 aliphatic carbocycles. The van der Waals surface area contributed by atoms with E-state index in [0.29, 0.717) is 44.2 Å². The van der Waals surface area contributed by atoms with Crippen LogP contribution < -0.4 is 4.74 Å². The van der Waals surface area contributed by atoms with Crippen LogP contribution in [-0.2, 0) is 31.0 Å². The molecule has 180 valence electrons. The van der Waals surface area contributed by atoms with E-state index in [1.54, 1.807) is 6.92 Å². The third kappa shape index (κ3) is 4.87. The van der Waals surface area contributed by atoms with E-state index in [-0.39, 0.29) is 24.4 Å². The third-order valence-electron chi connectivity index (χ3n) is 6.56. The number of nitrogens with one attached hydrogen (secondary N) is 1. The molecule has 1 unspecified atom stereocenters. The summed E-state index contributed by atoms with van der Waals surface area (Å²) in [4.78, 5) is 16.2. The van der Waals surface area contributed by atoms with Crippen molar-refractivity contribution in [3.05, 3.63) is 28.5 Å². The number of aryl methyl sites for hydroxylation is 1. The molecule has 1 aliphatic rings. The minimum absolute atomic E-state index is 0.0729. The molecule has 7 heteroatoms. The fraction of sp³-hybridized carbons (Fsp3) is 0.615.